The van der Waals surface area contributed by atoms with Crippen LogP contribution in [0.5, 0.6) is 0 Å². The van der Waals surface area contributed by atoms with Gasteiger partial charge in [0.1, 0.15) is 6.33 Å². The Morgan fingerprint density at radius 3 is 2.58 bits per heavy atom. The largest absolute Gasteiger partial charge is 0.316 e. The number of piperidine rings is 1. The molecular formula is C14H19N4S+. The van der Waals surface area contributed by atoms with Crippen LogP contribution in [0, 0.1) is 4.77 Å². The fraction of sp³-hybridized carbons (Fsp3) is 0.429. The van der Waals surface area contributed by atoms with Crippen molar-refractivity contribution in [1.29, 1.82) is 0 Å². The van der Waals surface area contributed by atoms with Crippen LogP contribution in [-0.4, -0.2) is 27.4 Å². The Bertz CT molecular complexity index is 581. The van der Waals surface area contributed by atoms with Gasteiger partial charge in [0.25, 0.3) is 0 Å². The van der Waals surface area contributed by atoms with E-state index in [-0.39, 0.29) is 0 Å². The number of hydrogen-bond donors (Lipinski definition) is 1. The van der Waals surface area contributed by atoms with E-state index in [1.165, 1.54) is 32.4 Å². The summed E-state index contributed by atoms with van der Waals surface area (Å²) < 4.78 is 4.70. The minimum atomic E-state index is 0.782. The van der Waals surface area contributed by atoms with E-state index >= 15 is 0 Å². The zero-order valence-electron chi connectivity index (χ0n) is 11.0. The lowest BCUT2D eigenvalue weighted by molar-refractivity contribution is -0.928. The molecule has 1 aromatic carbocycles. The number of likely N-dealkylation sites (tertiary alicyclic amines) is 1. The molecule has 0 unspecified atom stereocenters. The average molecular weight is 275 g/mol. The van der Waals surface area contributed by atoms with Gasteiger partial charge in [-0.1, -0.05) is 18.2 Å². The van der Waals surface area contributed by atoms with Crippen molar-refractivity contribution < 1.29 is 4.90 Å². The summed E-state index contributed by atoms with van der Waals surface area (Å²) in [7, 11) is 0. The fourth-order valence-electron chi connectivity index (χ4n) is 2.63. The second kappa shape index (κ2) is 5.67. The van der Waals surface area contributed by atoms with Crippen molar-refractivity contribution in [3.05, 3.63) is 41.4 Å². The van der Waals surface area contributed by atoms with Crippen molar-refractivity contribution >= 4 is 12.2 Å². The predicted octanol–water partition coefficient (Wildman–Crippen LogP) is 1.43. The molecule has 1 aliphatic heterocycles. The molecule has 3 rings (SSSR count). The van der Waals surface area contributed by atoms with Gasteiger partial charge < -0.3 is 4.90 Å². The molecule has 1 N–H and O–H groups in total. The SMILES string of the molecule is S=c1n(-c2ccccc2)cnn1C[NH+]1CCCCC1. The van der Waals surface area contributed by atoms with Gasteiger partial charge in [-0.25, -0.2) is 0 Å². The monoisotopic (exact) mass is 275 g/mol. The molecule has 0 bridgehead atoms. The quantitative estimate of drug-likeness (QED) is 0.858. The van der Waals surface area contributed by atoms with E-state index in [4.69, 9.17) is 12.2 Å². The second-order valence-electron chi connectivity index (χ2n) is 5.09. The number of benzene rings is 1. The van der Waals surface area contributed by atoms with Gasteiger partial charge in [-0.15, -0.1) is 0 Å². The summed E-state index contributed by atoms with van der Waals surface area (Å²) >= 11 is 5.53. The first-order valence-corrected chi connectivity index (χ1v) is 7.29. The van der Waals surface area contributed by atoms with Crippen LogP contribution in [0.3, 0.4) is 0 Å². The summed E-state index contributed by atoms with van der Waals surface area (Å²) in [6, 6.07) is 10.1. The number of nitrogens with zero attached hydrogens (tertiary/aromatic N) is 3. The van der Waals surface area contributed by atoms with Crippen molar-refractivity contribution in [3.8, 4) is 5.69 Å². The number of rotatable bonds is 3. The van der Waals surface area contributed by atoms with E-state index in [2.05, 4.69) is 17.2 Å². The molecule has 0 radical (unpaired) electrons. The third kappa shape index (κ3) is 2.77. The van der Waals surface area contributed by atoms with Gasteiger partial charge in [-0.3, -0.25) is 4.57 Å². The summed E-state index contributed by atoms with van der Waals surface area (Å²) in [4.78, 5) is 1.58. The zero-order chi connectivity index (χ0) is 13.1. The normalized spacial score (nSPS) is 16.6. The summed E-state index contributed by atoms with van der Waals surface area (Å²) in [6.07, 6.45) is 5.83. The smallest absolute Gasteiger partial charge is 0.207 e. The Kier molecular flexibility index (Phi) is 3.75. The molecule has 2 heterocycles. The van der Waals surface area contributed by atoms with Crippen molar-refractivity contribution in [3.63, 3.8) is 0 Å². The van der Waals surface area contributed by atoms with E-state index in [0.717, 1.165) is 17.1 Å². The molecule has 0 amide bonds. The Morgan fingerprint density at radius 2 is 1.84 bits per heavy atom. The molecule has 1 saturated heterocycles. The molecule has 0 atom stereocenters. The van der Waals surface area contributed by atoms with E-state index < -0.39 is 0 Å². The highest BCUT2D eigenvalue weighted by atomic mass is 32.1. The highest BCUT2D eigenvalue weighted by molar-refractivity contribution is 7.71. The lowest BCUT2D eigenvalue weighted by Gasteiger charge is -2.22. The van der Waals surface area contributed by atoms with Gasteiger partial charge in [-0.2, -0.15) is 9.78 Å². The molecular weight excluding hydrogens is 256 g/mol. The van der Waals surface area contributed by atoms with Crippen molar-refractivity contribution in [2.24, 2.45) is 0 Å². The maximum absolute atomic E-state index is 5.53. The van der Waals surface area contributed by atoms with Gasteiger partial charge in [0, 0.05) is 5.69 Å². The summed E-state index contributed by atoms with van der Waals surface area (Å²) in [5.41, 5.74) is 1.08. The third-order valence-electron chi connectivity index (χ3n) is 3.70. The van der Waals surface area contributed by atoms with Crippen LogP contribution in [-0.2, 0) is 6.67 Å². The van der Waals surface area contributed by atoms with E-state index in [0.29, 0.717) is 0 Å². The highest BCUT2D eigenvalue weighted by Crippen LogP contribution is 2.07. The Labute approximate surface area is 118 Å². The van der Waals surface area contributed by atoms with Crippen molar-refractivity contribution in [2.75, 3.05) is 13.1 Å². The maximum Gasteiger partial charge on any atom is 0.207 e. The van der Waals surface area contributed by atoms with E-state index in [9.17, 15) is 0 Å². The number of quaternary nitrogens is 1. The Morgan fingerprint density at radius 1 is 1.11 bits per heavy atom. The lowest BCUT2D eigenvalue weighted by Crippen LogP contribution is -3.12. The third-order valence-corrected chi connectivity index (χ3v) is 4.11. The summed E-state index contributed by atoms with van der Waals surface area (Å²) in [5, 5.41) is 4.44. The first-order chi connectivity index (χ1) is 9.34. The van der Waals surface area contributed by atoms with Crippen molar-refractivity contribution in [2.45, 2.75) is 25.9 Å². The topological polar surface area (TPSA) is 27.2 Å². The molecule has 19 heavy (non-hydrogen) atoms. The Hall–Kier alpha value is -1.46. The van der Waals surface area contributed by atoms with Crippen LogP contribution in [0.2, 0.25) is 0 Å². The van der Waals surface area contributed by atoms with Crippen LogP contribution in [0.15, 0.2) is 36.7 Å². The summed E-state index contributed by atoms with van der Waals surface area (Å²) in [5.74, 6) is 0. The van der Waals surface area contributed by atoms with Crippen LogP contribution in [0.1, 0.15) is 19.3 Å². The van der Waals surface area contributed by atoms with Crippen LogP contribution < -0.4 is 4.90 Å². The number of hydrogen-bond acceptors (Lipinski definition) is 2. The Balaban J connectivity index is 1.81. The number of nitrogens with one attached hydrogen (secondary N) is 1. The predicted molar refractivity (Wildman–Crippen MR) is 76.9 cm³/mol. The van der Waals surface area contributed by atoms with Crippen LogP contribution in [0.25, 0.3) is 5.69 Å². The lowest BCUT2D eigenvalue weighted by atomic mass is 10.1. The van der Waals surface area contributed by atoms with E-state index in [1.807, 2.05) is 33.8 Å². The zero-order valence-corrected chi connectivity index (χ0v) is 11.8. The van der Waals surface area contributed by atoms with Crippen molar-refractivity contribution in [1.82, 2.24) is 14.3 Å². The molecule has 5 heteroatoms. The molecule has 1 fully saturated rings. The molecule has 100 valence electrons. The summed E-state index contributed by atoms with van der Waals surface area (Å²) in [6.45, 7) is 3.36. The molecule has 2 aromatic rings. The average Bonchev–Trinajstić information content (AvgIpc) is 2.82. The number of para-hydroxylation sites is 1. The minimum absolute atomic E-state index is 0.782. The van der Waals surface area contributed by atoms with Crippen LogP contribution in [0.4, 0.5) is 0 Å². The van der Waals surface area contributed by atoms with Gasteiger partial charge >= 0.3 is 0 Å². The second-order valence-corrected chi connectivity index (χ2v) is 5.45. The molecule has 0 saturated carbocycles. The fourth-order valence-corrected chi connectivity index (χ4v) is 2.90. The van der Waals surface area contributed by atoms with Gasteiger partial charge in [0.05, 0.1) is 13.1 Å². The molecule has 1 aromatic heterocycles. The van der Waals surface area contributed by atoms with Gasteiger partial charge in [0.2, 0.25) is 4.77 Å². The van der Waals surface area contributed by atoms with Gasteiger partial charge in [0.15, 0.2) is 6.67 Å². The first-order valence-electron chi connectivity index (χ1n) is 6.88. The highest BCUT2D eigenvalue weighted by Gasteiger charge is 2.15. The molecule has 4 nitrogen and oxygen atoms in total. The molecule has 0 spiro atoms. The van der Waals surface area contributed by atoms with E-state index in [1.54, 1.807) is 4.90 Å². The van der Waals surface area contributed by atoms with Crippen LogP contribution >= 0.6 is 12.2 Å². The first kappa shape index (κ1) is 12.6. The molecule has 1 aliphatic rings. The van der Waals surface area contributed by atoms with Gasteiger partial charge in [-0.05, 0) is 43.6 Å². The maximum atomic E-state index is 5.53. The number of aromatic nitrogens is 3. The minimum Gasteiger partial charge on any atom is -0.316 e. The molecule has 0 aliphatic carbocycles. The standard InChI is InChI=1S/C14H18N4S/c19-14-17(13-7-3-1-4-8-13)11-15-18(14)12-16-9-5-2-6-10-16/h1,3-4,7-8,11H,2,5-6,9-10,12H2/p+1.